The molecule has 1 aliphatic rings. The van der Waals surface area contributed by atoms with E-state index in [9.17, 15) is 0 Å². The van der Waals surface area contributed by atoms with Gasteiger partial charge in [0.05, 0.1) is 13.1 Å². The Balaban J connectivity index is 1.60. The monoisotopic (exact) mass is 276 g/mol. The SMILES string of the molecule is CCCc1nc(CN2CCC[C@@H]2Cn2cncn2)no1. The highest BCUT2D eigenvalue weighted by Crippen LogP contribution is 2.20. The molecule has 0 spiro atoms. The van der Waals surface area contributed by atoms with E-state index in [1.54, 1.807) is 12.7 Å². The van der Waals surface area contributed by atoms with Crippen LogP contribution in [-0.2, 0) is 19.5 Å². The number of rotatable bonds is 6. The third-order valence-electron chi connectivity index (χ3n) is 3.68. The van der Waals surface area contributed by atoms with E-state index in [0.717, 1.165) is 44.2 Å². The summed E-state index contributed by atoms with van der Waals surface area (Å²) in [5.41, 5.74) is 0. The molecular weight excluding hydrogens is 256 g/mol. The van der Waals surface area contributed by atoms with Crippen LogP contribution in [0.1, 0.15) is 37.9 Å². The average molecular weight is 276 g/mol. The molecule has 0 amide bonds. The standard InChI is InChI=1S/C13H20N6O/c1-2-4-13-16-12(17-20-13)8-18-6-3-5-11(18)7-19-10-14-9-15-19/h9-11H,2-8H2,1H3/t11-/m1/s1. The number of hydrogen-bond acceptors (Lipinski definition) is 6. The largest absolute Gasteiger partial charge is 0.339 e. The summed E-state index contributed by atoms with van der Waals surface area (Å²) < 4.78 is 7.13. The summed E-state index contributed by atoms with van der Waals surface area (Å²) in [5.74, 6) is 1.54. The second kappa shape index (κ2) is 6.13. The van der Waals surface area contributed by atoms with E-state index in [2.05, 4.69) is 32.0 Å². The lowest BCUT2D eigenvalue weighted by Crippen LogP contribution is -2.33. The van der Waals surface area contributed by atoms with Crippen molar-refractivity contribution in [2.45, 2.75) is 51.7 Å². The third-order valence-corrected chi connectivity index (χ3v) is 3.68. The zero-order chi connectivity index (χ0) is 13.8. The lowest BCUT2D eigenvalue weighted by molar-refractivity contribution is 0.211. The highest BCUT2D eigenvalue weighted by molar-refractivity contribution is 4.89. The Kier molecular flexibility index (Phi) is 4.05. The molecule has 3 heterocycles. The molecule has 7 heteroatoms. The molecule has 0 radical (unpaired) electrons. The summed E-state index contributed by atoms with van der Waals surface area (Å²) in [6.07, 6.45) is 7.62. The minimum Gasteiger partial charge on any atom is -0.339 e. The van der Waals surface area contributed by atoms with Crippen LogP contribution in [0.5, 0.6) is 0 Å². The molecule has 0 unspecified atom stereocenters. The molecule has 2 aromatic rings. The van der Waals surface area contributed by atoms with E-state index in [1.165, 1.54) is 12.8 Å². The van der Waals surface area contributed by atoms with Gasteiger partial charge in [-0.15, -0.1) is 0 Å². The van der Waals surface area contributed by atoms with Crippen molar-refractivity contribution in [1.82, 2.24) is 29.8 Å². The molecule has 3 rings (SSSR count). The molecule has 0 aliphatic carbocycles. The summed E-state index contributed by atoms with van der Waals surface area (Å²) in [4.78, 5) is 10.8. The van der Waals surface area contributed by atoms with Crippen LogP contribution in [0.2, 0.25) is 0 Å². The number of likely N-dealkylation sites (tertiary alicyclic amines) is 1. The predicted molar refractivity (Wildman–Crippen MR) is 71.7 cm³/mol. The van der Waals surface area contributed by atoms with Gasteiger partial charge in [0, 0.05) is 12.5 Å². The summed E-state index contributed by atoms with van der Waals surface area (Å²) in [6, 6.07) is 0.477. The van der Waals surface area contributed by atoms with Crippen LogP contribution < -0.4 is 0 Å². The molecular formula is C13H20N6O. The summed E-state index contributed by atoms with van der Waals surface area (Å²) in [6.45, 7) is 4.82. The van der Waals surface area contributed by atoms with Gasteiger partial charge < -0.3 is 4.52 Å². The maximum Gasteiger partial charge on any atom is 0.226 e. The maximum absolute atomic E-state index is 5.24. The van der Waals surface area contributed by atoms with Crippen LogP contribution in [0.25, 0.3) is 0 Å². The topological polar surface area (TPSA) is 72.9 Å². The van der Waals surface area contributed by atoms with Gasteiger partial charge in [0.15, 0.2) is 5.82 Å². The first kappa shape index (κ1) is 13.2. The fourth-order valence-electron chi connectivity index (χ4n) is 2.70. The Morgan fingerprint density at radius 3 is 3.20 bits per heavy atom. The van der Waals surface area contributed by atoms with Crippen molar-refractivity contribution in [2.24, 2.45) is 0 Å². The molecule has 1 aliphatic heterocycles. The zero-order valence-electron chi connectivity index (χ0n) is 11.8. The summed E-state index contributed by atoms with van der Waals surface area (Å²) in [7, 11) is 0. The van der Waals surface area contributed by atoms with Crippen molar-refractivity contribution in [3.63, 3.8) is 0 Å². The van der Waals surface area contributed by atoms with Crippen molar-refractivity contribution in [1.29, 1.82) is 0 Å². The molecule has 0 saturated carbocycles. The fraction of sp³-hybridized carbons (Fsp3) is 0.692. The van der Waals surface area contributed by atoms with E-state index in [-0.39, 0.29) is 0 Å². The molecule has 2 aromatic heterocycles. The molecule has 1 atom stereocenters. The van der Waals surface area contributed by atoms with E-state index in [4.69, 9.17) is 4.52 Å². The van der Waals surface area contributed by atoms with Crippen molar-refractivity contribution < 1.29 is 4.52 Å². The lowest BCUT2D eigenvalue weighted by atomic mass is 10.2. The van der Waals surface area contributed by atoms with Gasteiger partial charge in [-0.1, -0.05) is 12.1 Å². The van der Waals surface area contributed by atoms with Crippen molar-refractivity contribution in [3.8, 4) is 0 Å². The van der Waals surface area contributed by atoms with Crippen molar-refractivity contribution in [3.05, 3.63) is 24.4 Å². The number of hydrogen-bond donors (Lipinski definition) is 0. The molecule has 0 aromatic carbocycles. The Labute approximate surface area is 118 Å². The molecule has 1 fully saturated rings. The lowest BCUT2D eigenvalue weighted by Gasteiger charge is -2.22. The highest BCUT2D eigenvalue weighted by Gasteiger charge is 2.26. The van der Waals surface area contributed by atoms with E-state index >= 15 is 0 Å². The van der Waals surface area contributed by atoms with Gasteiger partial charge in [0.25, 0.3) is 0 Å². The maximum atomic E-state index is 5.24. The molecule has 1 saturated heterocycles. The quantitative estimate of drug-likeness (QED) is 0.791. The molecule has 20 heavy (non-hydrogen) atoms. The smallest absolute Gasteiger partial charge is 0.226 e. The van der Waals surface area contributed by atoms with Crippen molar-refractivity contribution in [2.75, 3.05) is 6.54 Å². The van der Waals surface area contributed by atoms with Gasteiger partial charge in [0.2, 0.25) is 5.89 Å². The van der Waals surface area contributed by atoms with E-state index < -0.39 is 0 Å². The second-order valence-corrected chi connectivity index (χ2v) is 5.24. The van der Waals surface area contributed by atoms with E-state index in [0.29, 0.717) is 6.04 Å². The first-order valence-corrected chi connectivity index (χ1v) is 7.23. The Bertz CT molecular complexity index is 523. The van der Waals surface area contributed by atoms with Crippen molar-refractivity contribution >= 4 is 0 Å². The van der Waals surface area contributed by atoms with Gasteiger partial charge in [0.1, 0.15) is 12.7 Å². The van der Waals surface area contributed by atoms with Crippen LogP contribution in [0, 0.1) is 0 Å². The van der Waals surface area contributed by atoms with Crippen LogP contribution in [0.15, 0.2) is 17.2 Å². The number of aromatic nitrogens is 5. The Morgan fingerprint density at radius 2 is 2.40 bits per heavy atom. The summed E-state index contributed by atoms with van der Waals surface area (Å²) in [5, 5.41) is 8.25. The summed E-state index contributed by atoms with van der Waals surface area (Å²) >= 11 is 0. The predicted octanol–water partition coefficient (Wildman–Crippen LogP) is 1.28. The Hall–Kier alpha value is -1.76. The number of aryl methyl sites for hydroxylation is 1. The highest BCUT2D eigenvalue weighted by atomic mass is 16.5. The van der Waals surface area contributed by atoms with Gasteiger partial charge in [-0.3, -0.25) is 9.58 Å². The van der Waals surface area contributed by atoms with Crippen LogP contribution in [-0.4, -0.2) is 42.4 Å². The van der Waals surface area contributed by atoms with Crippen LogP contribution >= 0.6 is 0 Å². The van der Waals surface area contributed by atoms with Crippen LogP contribution in [0.3, 0.4) is 0 Å². The van der Waals surface area contributed by atoms with Gasteiger partial charge >= 0.3 is 0 Å². The average Bonchev–Trinajstić information content (AvgIpc) is 3.15. The third kappa shape index (κ3) is 3.04. The Morgan fingerprint density at radius 1 is 1.45 bits per heavy atom. The van der Waals surface area contributed by atoms with Gasteiger partial charge in [-0.2, -0.15) is 10.1 Å². The first-order chi connectivity index (χ1) is 9.85. The first-order valence-electron chi connectivity index (χ1n) is 7.23. The number of nitrogens with zero attached hydrogens (tertiary/aromatic N) is 6. The minimum absolute atomic E-state index is 0.477. The van der Waals surface area contributed by atoms with Gasteiger partial charge in [-0.05, 0) is 25.8 Å². The van der Waals surface area contributed by atoms with Gasteiger partial charge in [-0.25, -0.2) is 4.98 Å². The fourth-order valence-corrected chi connectivity index (χ4v) is 2.70. The minimum atomic E-state index is 0.477. The second-order valence-electron chi connectivity index (χ2n) is 5.24. The molecule has 0 bridgehead atoms. The molecule has 0 N–H and O–H groups in total. The molecule has 108 valence electrons. The zero-order valence-corrected chi connectivity index (χ0v) is 11.8. The van der Waals surface area contributed by atoms with E-state index in [1.807, 2.05) is 4.68 Å². The normalized spacial score (nSPS) is 19.8. The molecule has 7 nitrogen and oxygen atoms in total. The van der Waals surface area contributed by atoms with Crippen LogP contribution in [0.4, 0.5) is 0 Å².